The standard InChI is InChI=1S/C2H5N3O9S/c3-1-2(13-4(6)7,14-5(8)9)15(10,11)12/h1,3H2,(H,10,11,12). The van der Waals surface area contributed by atoms with Crippen LogP contribution in [0.25, 0.3) is 0 Å². The summed E-state index contributed by atoms with van der Waals surface area (Å²) in [6, 6.07) is 0. The first-order chi connectivity index (χ1) is 6.64. The molecule has 0 saturated carbocycles. The van der Waals surface area contributed by atoms with E-state index in [1.807, 2.05) is 0 Å². The Morgan fingerprint density at radius 2 is 1.60 bits per heavy atom. The third-order valence-electron chi connectivity index (χ3n) is 1.07. The second-order valence-electron chi connectivity index (χ2n) is 1.99. The molecule has 0 amide bonds. The van der Waals surface area contributed by atoms with Gasteiger partial charge >= 0.3 is 15.2 Å². The molecule has 0 fully saturated rings. The van der Waals surface area contributed by atoms with Crippen LogP contribution in [0.3, 0.4) is 0 Å². The van der Waals surface area contributed by atoms with Crippen LogP contribution < -0.4 is 5.73 Å². The molecule has 3 N–H and O–H groups in total. The van der Waals surface area contributed by atoms with Crippen molar-refractivity contribution in [3.8, 4) is 0 Å². The van der Waals surface area contributed by atoms with Crippen LogP contribution in [0.1, 0.15) is 0 Å². The predicted octanol–water partition coefficient (Wildman–Crippen LogP) is -2.10. The lowest BCUT2D eigenvalue weighted by Gasteiger charge is -2.23. The first-order valence-corrected chi connectivity index (χ1v) is 4.43. The summed E-state index contributed by atoms with van der Waals surface area (Å²) in [4.78, 5) is 26.4. The Balaban J connectivity index is 5.30. The monoisotopic (exact) mass is 247 g/mol. The molecular weight excluding hydrogens is 242 g/mol. The molecule has 0 aliphatic rings. The molecule has 0 aliphatic carbocycles. The van der Waals surface area contributed by atoms with Crippen LogP contribution in [0, 0.1) is 20.2 Å². The SMILES string of the molecule is NCC(O[N+](=O)[O-])(O[N+](=O)[O-])S(=O)(=O)O. The third kappa shape index (κ3) is 3.15. The Morgan fingerprint density at radius 3 is 1.73 bits per heavy atom. The first-order valence-electron chi connectivity index (χ1n) is 2.99. The molecule has 15 heavy (non-hydrogen) atoms. The Bertz CT molecular complexity index is 344. The van der Waals surface area contributed by atoms with Gasteiger partial charge < -0.3 is 5.73 Å². The van der Waals surface area contributed by atoms with Gasteiger partial charge in [0.15, 0.2) is 0 Å². The van der Waals surface area contributed by atoms with Crippen molar-refractivity contribution >= 4 is 10.1 Å². The highest BCUT2D eigenvalue weighted by molar-refractivity contribution is 7.86. The van der Waals surface area contributed by atoms with Crippen molar-refractivity contribution in [3.05, 3.63) is 20.2 Å². The Hall–Kier alpha value is -1.73. The zero-order valence-electron chi connectivity index (χ0n) is 6.80. The van der Waals surface area contributed by atoms with E-state index in [-0.39, 0.29) is 0 Å². The van der Waals surface area contributed by atoms with E-state index in [4.69, 9.17) is 10.3 Å². The van der Waals surface area contributed by atoms with Crippen LogP contribution in [0.15, 0.2) is 0 Å². The summed E-state index contributed by atoms with van der Waals surface area (Å²) >= 11 is 0. The summed E-state index contributed by atoms with van der Waals surface area (Å²) in [6.07, 6.45) is 0. The van der Waals surface area contributed by atoms with E-state index in [9.17, 15) is 28.6 Å². The van der Waals surface area contributed by atoms with Gasteiger partial charge in [-0.3, -0.25) is 14.2 Å². The van der Waals surface area contributed by atoms with E-state index in [0.717, 1.165) is 0 Å². The van der Waals surface area contributed by atoms with Crippen LogP contribution in [0.5, 0.6) is 0 Å². The zero-order valence-corrected chi connectivity index (χ0v) is 7.62. The molecule has 0 bridgehead atoms. The number of nitrogens with zero attached hydrogens (tertiary/aromatic N) is 2. The molecule has 0 heterocycles. The first kappa shape index (κ1) is 13.3. The smallest absolute Gasteiger partial charge is 0.325 e. The number of hydrogen-bond donors (Lipinski definition) is 2. The molecule has 0 spiro atoms. The molecule has 0 aromatic carbocycles. The van der Waals surface area contributed by atoms with Crippen LogP contribution in [0.2, 0.25) is 0 Å². The van der Waals surface area contributed by atoms with E-state index >= 15 is 0 Å². The molecule has 0 saturated heterocycles. The minimum absolute atomic E-state index is 1.35. The van der Waals surface area contributed by atoms with Gasteiger partial charge in [0, 0.05) is 0 Å². The summed E-state index contributed by atoms with van der Waals surface area (Å²) < 4.78 is 29.6. The Labute approximate surface area is 81.5 Å². The number of hydrogen-bond acceptors (Lipinski definition) is 9. The normalized spacial score (nSPS) is 11.9. The maximum atomic E-state index is 10.6. The number of nitrogens with two attached hydrogens (primary N) is 1. The van der Waals surface area contributed by atoms with E-state index in [2.05, 4.69) is 9.68 Å². The van der Waals surface area contributed by atoms with E-state index < -0.39 is 32.0 Å². The maximum Gasteiger partial charge on any atom is 0.398 e. The molecule has 88 valence electrons. The Kier molecular flexibility index (Phi) is 3.71. The summed E-state index contributed by atoms with van der Waals surface area (Å²) in [5.41, 5.74) is 4.69. The van der Waals surface area contributed by atoms with E-state index in [0.29, 0.717) is 0 Å². The molecule has 0 aliphatic heterocycles. The van der Waals surface area contributed by atoms with Gasteiger partial charge in [-0.1, -0.05) is 0 Å². The fourth-order valence-corrected chi connectivity index (χ4v) is 1.04. The molecular formula is C2H5N3O9S. The van der Waals surface area contributed by atoms with Gasteiger partial charge in [0.2, 0.25) is 0 Å². The second kappa shape index (κ2) is 4.20. The Morgan fingerprint density at radius 1 is 1.27 bits per heavy atom. The quantitative estimate of drug-likeness (QED) is 0.228. The largest absolute Gasteiger partial charge is 0.398 e. The van der Waals surface area contributed by atoms with Gasteiger partial charge in [-0.15, -0.1) is 20.2 Å². The minimum Gasteiger partial charge on any atom is -0.325 e. The highest BCUT2D eigenvalue weighted by Crippen LogP contribution is 2.19. The van der Waals surface area contributed by atoms with Gasteiger partial charge in [-0.25, -0.2) is 0 Å². The molecule has 0 radical (unpaired) electrons. The molecule has 0 aromatic rings. The fraction of sp³-hybridized carbons (Fsp3) is 1.00. The molecule has 0 rings (SSSR count). The predicted molar refractivity (Wildman–Crippen MR) is 39.5 cm³/mol. The summed E-state index contributed by atoms with van der Waals surface area (Å²) in [5.74, 6) is 0. The molecule has 0 atom stereocenters. The van der Waals surface area contributed by atoms with E-state index in [1.54, 1.807) is 0 Å². The minimum atomic E-state index is -5.42. The second-order valence-corrected chi connectivity index (χ2v) is 3.56. The van der Waals surface area contributed by atoms with Crippen molar-refractivity contribution in [3.63, 3.8) is 0 Å². The van der Waals surface area contributed by atoms with Crippen molar-refractivity contribution in [1.29, 1.82) is 0 Å². The highest BCUT2D eigenvalue weighted by atomic mass is 32.2. The van der Waals surface area contributed by atoms with Gasteiger partial charge in [0.1, 0.15) is 0 Å². The molecule has 12 nitrogen and oxygen atoms in total. The molecule has 0 unspecified atom stereocenters. The van der Waals surface area contributed by atoms with Crippen LogP contribution >= 0.6 is 0 Å². The molecule has 13 heteroatoms. The van der Waals surface area contributed by atoms with Crippen LogP contribution in [-0.4, -0.2) is 34.8 Å². The van der Waals surface area contributed by atoms with Gasteiger partial charge in [-0.05, 0) is 0 Å². The van der Waals surface area contributed by atoms with Gasteiger partial charge in [0.05, 0.1) is 6.54 Å². The number of rotatable bonds is 6. The fourth-order valence-electron chi connectivity index (χ4n) is 0.518. The van der Waals surface area contributed by atoms with Crippen molar-refractivity contribution in [2.24, 2.45) is 5.73 Å². The average Bonchev–Trinajstić information content (AvgIpc) is 1.98. The van der Waals surface area contributed by atoms with Crippen molar-refractivity contribution in [1.82, 2.24) is 0 Å². The van der Waals surface area contributed by atoms with Crippen molar-refractivity contribution < 1.29 is 32.8 Å². The zero-order chi connectivity index (χ0) is 12.3. The van der Waals surface area contributed by atoms with Crippen molar-refractivity contribution in [2.45, 2.75) is 5.12 Å². The van der Waals surface area contributed by atoms with Crippen LogP contribution in [-0.2, 0) is 19.8 Å². The van der Waals surface area contributed by atoms with E-state index in [1.165, 1.54) is 0 Å². The lowest BCUT2D eigenvalue weighted by molar-refractivity contribution is -0.858. The van der Waals surface area contributed by atoms with Gasteiger partial charge in [0.25, 0.3) is 10.2 Å². The van der Waals surface area contributed by atoms with Crippen molar-refractivity contribution in [2.75, 3.05) is 6.54 Å². The summed E-state index contributed by atoms with van der Waals surface area (Å²) in [6.45, 7) is -1.35. The lowest BCUT2D eigenvalue weighted by Crippen LogP contribution is -2.52. The molecule has 0 aromatic heterocycles. The lowest BCUT2D eigenvalue weighted by atomic mass is 10.6. The average molecular weight is 247 g/mol. The summed E-state index contributed by atoms with van der Waals surface area (Å²) in [7, 11) is -5.42. The topological polar surface area (TPSA) is 185 Å². The summed E-state index contributed by atoms with van der Waals surface area (Å²) in [5, 5.41) is 12.7. The highest BCUT2D eigenvalue weighted by Gasteiger charge is 2.51. The maximum absolute atomic E-state index is 10.6. The third-order valence-corrected chi connectivity index (χ3v) is 2.17. The van der Waals surface area contributed by atoms with Crippen LogP contribution in [0.4, 0.5) is 0 Å². The van der Waals surface area contributed by atoms with Gasteiger partial charge in [-0.2, -0.15) is 8.42 Å².